The van der Waals surface area contributed by atoms with Crippen LogP contribution >= 0.6 is 0 Å². The normalized spacial score (nSPS) is 10.2. The van der Waals surface area contributed by atoms with Gasteiger partial charge in [-0.15, -0.1) is 0 Å². The number of rotatable bonds is 9. The van der Waals surface area contributed by atoms with Crippen molar-refractivity contribution < 1.29 is 19.1 Å². The second-order valence-electron chi connectivity index (χ2n) is 5.76. The Kier molecular flexibility index (Phi) is 7.68. The highest BCUT2D eigenvalue weighted by atomic mass is 16.5. The highest BCUT2D eigenvalue weighted by Gasteiger charge is 2.13. The minimum atomic E-state index is -0.442. The maximum Gasteiger partial charge on any atom is 0.340 e. The molecule has 1 amide bonds. The molecule has 0 bridgehead atoms. The van der Waals surface area contributed by atoms with Crippen molar-refractivity contribution >= 4 is 17.6 Å². The maximum atomic E-state index is 12.1. The van der Waals surface area contributed by atoms with Gasteiger partial charge in [-0.25, -0.2) is 4.79 Å². The molecule has 138 valence electrons. The molecule has 0 aliphatic rings. The number of benzene rings is 2. The molecule has 0 spiro atoms. The summed E-state index contributed by atoms with van der Waals surface area (Å²) in [5, 5.41) is 2.77. The second-order valence-corrected chi connectivity index (χ2v) is 5.76. The van der Waals surface area contributed by atoms with E-state index in [1.807, 2.05) is 24.3 Å². The molecule has 0 aromatic heterocycles. The monoisotopic (exact) mass is 355 g/mol. The number of amides is 1. The third kappa shape index (κ3) is 5.92. The lowest BCUT2D eigenvalue weighted by Crippen LogP contribution is -2.16. The van der Waals surface area contributed by atoms with E-state index in [0.29, 0.717) is 30.7 Å². The van der Waals surface area contributed by atoms with Gasteiger partial charge in [0, 0.05) is 6.42 Å². The molecule has 0 aliphatic carbocycles. The Morgan fingerprint density at radius 1 is 1.00 bits per heavy atom. The molecule has 26 heavy (non-hydrogen) atoms. The average Bonchev–Trinajstić information content (AvgIpc) is 2.66. The molecule has 2 rings (SSSR count). The van der Waals surface area contributed by atoms with Crippen molar-refractivity contribution in [3.8, 4) is 5.75 Å². The Hall–Kier alpha value is -2.82. The third-order valence-corrected chi connectivity index (χ3v) is 3.85. The van der Waals surface area contributed by atoms with Crippen molar-refractivity contribution in [3.05, 3.63) is 59.7 Å². The number of carbonyl (C=O) groups excluding carboxylic acids is 2. The maximum absolute atomic E-state index is 12.1. The summed E-state index contributed by atoms with van der Waals surface area (Å²) >= 11 is 0. The molecular formula is C21H25NO4. The van der Waals surface area contributed by atoms with Gasteiger partial charge in [0.2, 0.25) is 5.91 Å². The van der Waals surface area contributed by atoms with Crippen LogP contribution in [0.4, 0.5) is 5.69 Å². The van der Waals surface area contributed by atoms with Gasteiger partial charge < -0.3 is 14.8 Å². The fourth-order valence-corrected chi connectivity index (χ4v) is 2.44. The van der Waals surface area contributed by atoms with Crippen LogP contribution in [0.1, 0.15) is 42.6 Å². The van der Waals surface area contributed by atoms with Crippen LogP contribution in [-0.4, -0.2) is 25.1 Å². The summed E-state index contributed by atoms with van der Waals surface area (Å²) in [7, 11) is 0. The minimum absolute atomic E-state index is 0.160. The number of anilines is 1. The fourth-order valence-electron chi connectivity index (χ4n) is 2.44. The number of nitrogens with one attached hydrogen (secondary N) is 1. The van der Waals surface area contributed by atoms with Crippen molar-refractivity contribution in [3.63, 3.8) is 0 Å². The highest BCUT2D eigenvalue weighted by molar-refractivity contribution is 6.01. The van der Waals surface area contributed by atoms with E-state index in [1.54, 1.807) is 31.2 Å². The van der Waals surface area contributed by atoms with E-state index in [9.17, 15) is 9.59 Å². The Balaban J connectivity index is 1.79. The number of esters is 1. The summed E-state index contributed by atoms with van der Waals surface area (Å²) in [6.07, 6.45) is 1.89. The Morgan fingerprint density at radius 2 is 1.73 bits per heavy atom. The average molecular weight is 355 g/mol. The summed E-state index contributed by atoms with van der Waals surface area (Å²) in [4.78, 5) is 24.0. The molecule has 0 heterocycles. The smallest absolute Gasteiger partial charge is 0.340 e. The number of ether oxygens (including phenoxy) is 2. The number of hydrogen-bond acceptors (Lipinski definition) is 4. The van der Waals surface area contributed by atoms with Crippen molar-refractivity contribution in [1.29, 1.82) is 0 Å². The Morgan fingerprint density at radius 3 is 2.42 bits per heavy atom. The van der Waals surface area contributed by atoms with Gasteiger partial charge in [0.05, 0.1) is 24.5 Å². The van der Waals surface area contributed by atoms with Crippen molar-refractivity contribution in [2.24, 2.45) is 0 Å². The number of para-hydroxylation sites is 1. The molecule has 0 atom stereocenters. The second kappa shape index (κ2) is 10.2. The van der Waals surface area contributed by atoms with Crippen LogP contribution in [0.15, 0.2) is 48.5 Å². The van der Waals surface area contributed by atoms with Crippen LogP contribution in [-0.2, 0) is 16.0 Å². The van der Waals surface area contributed by atoms with E-state index in [4.69, 9.17) is 9.47 Å². The van der Waals surface area contributed by atoms with Gasteiger partial charge >= 0.3 is 5.97 Å². The van der Waals surface area contributed by atoms with Gasteiger partial charge in [-0.2, -0.15) is 0 Å². The molecule has 0 radical (unpaired) electrons. The van der Waals surface area contributed by atoms with Crippen molar-refractivity contribution in [2.75, 3.05) is 18.5 Å². The number of aryl methyl sites for hydroxylation is 1. The quantitative estimate of drug-likeness (QED) is 0.540. The van der Waals surface area contributed by atoms with E-state index in [2.05, 4.69) is 12.2 Å². The summed E-state index contributed by atoms with van der Waals surface area (Å²) < 4.78 is 10.6. The molecule has 5 heteroatoms. The summed E-state index contributed by atoms with van der Waals surface area (Å²) in [5.74, 6) is 0.198. The van der Waals surface area contributed by atoms with Gasteiger partial charge in [-0.05, 0) is 49.6 Å². The van der Waals surface area contributed by atoms with Gasteiger partial charge in [-0.1, -0.05) is 31.2 Å². The SMILES string of the molecule is CCOC(=O)c1ccccc1NC(=O)CCCOc1ccc(CC)cc1. The van der Waals surface area contributed by atoms with E-state index < -0.39 is 5.97 Å². The van der Waals surface area contributed by atoms with Crippen LogP contribution in [0.25, 0.3) is 0 Å². The first-order valence-corrected chi connectivity index (χ1v) is 8.91. The molecule has 0 aliphatic heterocycles. The molecular weight excluding hydrogens is 330 g/mol. The summed E-state index contributed by atoms with van der Waals surface area (Å²) in [6, 6.07) is 14.8. The first-order valence-electron chi connectivity index (χ1n) is 8.91. The molecule has 5 nitrogen and oxygen atoms in total. The Labute approximate surface area is 154 Å². The minimum Gasteiger partial charge on any atom is -0.494 e. The zero-order valence-corrected chi connectivity index (χ0v) is 15.3. The van der Waals surface area contributed by atoms with Crippen LogP contribution in [0, 0.1) is 0 Å². The molecule has 2 aromatic carbocycles. The highest BCUT2D eigenvalue weighted by Crippen LogP contribution is 2.17. The first kappa shape index (κ1) is 19.5. The number of hydrogen-bond donors (Lipinski definition) is 1. The molecule has 1 N–H and O–H groups in total. The molecule has 0 saturated carbocycles. The topological polar surface area (TPSA) is 64.6 Å². The van der Waals surface area contributed by atoms with E-state index in [1.165, 1.54) is 5.56 Å². The van der Waals surface area contributed by atoms with Gasteiger partial charge in [-0.3, -0.25) is 4.79 Å². The zero-order valence-electron chi connectivity index (χ0n) is 15.3. The predicted molar refractivity (Wildman–Crippen MR) is 102 cm³/mol. The molecule has 0 saturated heterocycles. The van der Waals surface area contributed by atoms with Gasteiger partial charge in [0.1, 0.15) is 5.75 Å². The molecule has 2 aromatic rings. The van der Waals surface area contributed by atoms with Crippen LogP contribution < -0.4 is 10.1 Å². The predicted octanol–water partition coefficient (Wildman–Crippen LogP) is 4.22. The summed E-state index contributed by atoms with van der Waals surface area (Å²) in [5.41, 5.74) is 2.08. The van der Waals surface area contributed by atoms with Crippen molar-refractivity contribution in [1.82, 2.24) is 0 Å². The largest absolute Gasteiger partial charge is 0.494 e. The lowest BCUT2D eigenvalue weighted by Gasteiger charge is -2.10. The van der Waals surface area contributed by atoms with Crippen LogP contribution in [0.2, 0.25) is 0 Å². The lowest BCUT2D eigenvalue weighted by atomic mass is 10.1. The van der Waals surface area contributed by atoms with Gasteiger partial charge in [0.25, 0.3) is 0 Å². The third-order valence-electron chi connectivity index (χ3n) is 3.85. The molecule has 0 unspecified atom stereocenters. The lowest BCUT2D eigenvalue weighted by molar-refractivity contribution is -0.116. The number of carbonyl (C=O) groups is 2. The van der Waals surface area contributed by atoms with Crippen LogP contribution in [0.5, 0.6) is 5.75 Å². The standard InChI is InChI=1S/C21H25NO4/c1-3-16-11-13-17(14-12-16)26-15-7-10-20(23)22-19-9-6-5-8-18(19)21(24)25-4-2/h5-6,8-9,11-14H,3-4,7,10,15H2,1-2H3,(H,22,23). The molecule has 0 fully saturated rings. The van der Waals surface area contributed by atoms with Crippen LogP contribution in [0.3, 0.4) is 0 Å². The van der Waals surface area contributed by atoms with Crippen molar-refractivity contribution in [2.45, 2.75) is 33.1 Å². The van der Waals surface area contributed by atoms with E-state index in [0.717, 1.165) is 12.2 Å². The van der Waals surface area contributed by atoms with Gasteiger partial charge in [0.15, 0.2) is 0 Å². The fraction of sp³-hybridized carbons (Fsp3) is 0.333. The zero-order chi connectivity index (χ0) is 18.8. The summed E-state index contributed by atoms with van der Waals surface area (Å²) in [6.45, 7) is 4.60. The first-order chi connectivity index (χ1) is 12.6. The Bertz CT molecular complexity index is 725. The van der Waals surface area contributed by atoms with E-state index >= 15 is 0 Å². The van der Waals surface area contributed by atoms with E-state index in [-0.39, 0.29) is 12.5 Å².